The van der Waals surface area contributed by atoms with Gasteiger partial charge in [0, 0.05) is 37.8 Å². The van der Waals surface area contributed by atoms with E-state index >= 15 is 0 Å². The number of sulfonamides is 1. The van der Waals surface area contributed by atoms with E-state index < -0.39 is 33.7 Å². The molecule has 2 heterocycles. The molecule has 4 aromatic rings. The van der Waals surface area contributed by atoms with Crippen LogP contribution < -0.4 is 4.90 Å². The average molecular weight is 601 g/mol. The highest BCUT2D eigenvalue weighted by atomic mass is 32.2. The maximum atomic E-state index is 14.4. The summed E-state index contributed by atoms with van der Waals surface area (Å²) < 4.78 is 61.2. The van der Waals surface area contributed by atoms with Crippen LogP contribution in [-0.2, 0) is 21.3 Å². The predicted molar refractivity (Wildman–Crippen MR) is 150 cm³/mol. The number of nitrogens with zero attached hydrogens (tertiary/aromatic N) is 4. The molecule has 0 N–H and O–H groups in total. The van der Waals surface area contributed by atoms with Crippen LogP contribution in [0.3, 0.4) is 0 Å². The van der Waals surface area contributed by atoms with Gasteiger partial charge in [-0.1, -0.05) is 41.7 Å². The van der Waals surface area contributed by atoms with E-state index in [1.165, 1.54) is 38.4 Å². The van der Waals surface area contributed by atoms with E-state index in [-0.39, 0.29) is 65.1 Å². The van der Waals surface area contributed by atoms with Crippen LogP contribution in [-0.4, -0.2) is 67.4 Å². The van der Waals surface area contributed by atoms with Crippen molar-refractivity contribution < 1.29 is 31.5 Å². The summed E-state index contributed by atoms with van der Waals surface area (Å²) in [6.07, 6.45) is -0.478. The van der Waals surface area contributed by atoms with Crippen molar-refractivity contribution in [2.45, 2.75) is 18.4 Å². The summed E-state index contributed by atoms with van der Waals surface area (Å²) in [7, 11) is -3.87. The van der Waals surface area contributed by atoms with E-state index in [2.05, 4.69) is 4.98 Å². The van der Waals surface area contributed by atoms with Gasteiger partial charge in [-0.05, 0) is 42.8 Å². The van der Waals surface area contributed by atoms with Crippen LogP contribution in [0, 0.1) is 11.6 Å². The molecule has 0 atom stereocenters. The summed E-state index contributed by atoms with van der Waals surface area (Å²) in [5, 5.41) is 0.175. The number of benzene rings is 3. The van der Waals surface area contributed by atoms with E-state index in [0.717, 1.165) is 29.0 Å². The Balaban J connectivity index is 1.39. The lowest BCUT2D eigenvalue weighted by atomic mass is 10.1. The Morgan fingerprint density at radius 1 is 1.00 bits per heavy atom. The molecule has 214 valence electrons. The summed E-state index contributed by atoms with van der Waals surface area (Å²) in [5.74, 6) is -2.06. The van der Waals surface area contributed by atoms with E-state index in [4.69, 9.17) is 4.74 Å². The normalized spacial score (nSPS) is 14.3. The van der Waals surface area contributed by atoms with Gasteiger partial charge < -0.3 is 9.64 Å². The van der Waals surface area contributed by atoms with Crippen molar-refractivity contribution in [3.8, 4) is 0 Å². The van der Waals surface area contributed by atoms with Crippen LogP contribution in [0.5, 0.6) is 0 Å². The highest BCUT2D eigenvalue weighted by Crippen LogP contribution is 2.33. The molecule has 1 aliphatic heterocycles. The lowest BCUT2D eigenvalue weighted by Gasteiger charge is -2.33. The van der Waals surface area contributed by atoms with Gasteiger partial charge in [-0.3, -0.25) is 9.69 Å². The molecule has 0 radical (unpaired) electrons. The second-order valence-electron chi connectivity index (χ2n) is 9.22. The van der Waals surface area contributed by atoms with E-state index in [0.29, 0.717) is 0 Å². The molecule has 1 aliphatic rings. The fourth-order valence-corrected chi connectivity index (χ4v) is 6.88. The first-order valence-corrected chi connectivity index (χ1v) is 15.1. The molecule has 41 heavy (non-hydrogen) atoms. The molecule has 3 aromatic carbocycles. The number of amides is 2. The maximum absolute atomic E-state index is 14.4. The predicted octanol–water partition coefficient (Wildman–Crippen LogP) is 4.88. The van der Waals surface area contributed by atoms with Crippen LogP contribution in [0.4, 0.5) is 18.7 Å². The van der Waals surface area contributed by atoms with Crippen molar-refractivity contribution in [2.75, 3.05) is 37.7 Å². The average Bonchev–Trinajstić information content (AvgIpc) is 3.40. The number of aromatic nitrogens is 1. The third-order valence-electron chi connectivity index (χ3n) is 6.57. The molecule has 0 unspecified atom stereocenters. The summed E-state index contributed by atoms with van der Waals surface area (Å²) in [6, 6.07) is 16.6. The SMILES string of the molecule is CCOC(=O)N1CCN(S(=O)(=O)c2ccc(C(=O)N(Cc3ccccc3)c3nc4c(F)cc(F)cc4s3)cc2)CC1. The second kappa shape index (κ2) is 11.9. The van der Waals surface area contributed by atoms with Gasteiger partial charge in [-0.15, -0.1) is 0 Å². The number of halogens is 2. The first kappa shape index (κ1) is 28.6. The Morgan fingerprint density at radius 2 is 1.68 bits per heavy atom. The number of carbonyl (C=O) groups is 2. The largest absolute Gasteiger partial charge is 0.450 e. The molecule has 9 nitrogen and oxygen atoms in total. The highest BCUT2D eigenvalue weighted by molar-refractivity contribution is 7.89. The van der Waals surface area contributed by atoms with Gasteiger partial charge in [-0.25, -0.2) is 27.0 Å². The minimum Gasteiger partial charge on any atom is -0.450 e. The zero-order valence-electron chi connectivity index (χ0n) is 22.0. The number of anilines is 1. The van der Waals surface area contributed by atoms with Gasteiger partial charge in [0.1, 0.15) is 11.3 Å². The zero-order valence-corrected chi connectivity index (χ0v) is 23.6. The minimum absolute atomic E-state index is 0.00535. The Hall–Kier alpha value is -3.94. The number of ether oxygens (including phenoxy) is 1. The maximum Gasteiger partial charge on any atom is 0.409 e. The number of thiazole rings is 1. The topological polar surface area (TPSA) is 100 Å². The van der Waals surface area contributed by atoms with Gasteiger partial charge >= 0.3 is 6.09 Å². The Kier molecular flexibility index (Phi) is 8.29. The van der Waals surface area contributed by atoms with Gasteiger partial charge in [0.2, 0.25) is 10.0 Å². The minimum atomic E-state index is -3.87. The molecule has 1 saturated heterocycles. The first-order chi connectivity index (χ1) is 19.7. The zero-order chi connectivity index (χ0) is 29.1. The number of hydrogen-bond donors (Lipinski definition) is 0. The fraction of sp³-hybridized carbons (Fsp3) is 0.250. The van der Waals surface area contributed by atoms with Crippen molar-refractivity contribution >= 4 is 48.7 Å². The standard InChI is InChI=1S/C28H26F2N4O5S2/c1-2-39-28(36)32-12-14-33(15-13-32)41(37,38)22-10-8-20(9-11-22)26(35)34(18-19-6-4-3-5-7-19)27-31-25-23(30)16-21(29)17-24(25)40-27/h3-11,16-17H,2,12-15,18H2,1H3. The summed E-state index contributed by atoms with van der Waals surface area (Å²) in [6.45, 7) is 2.68. The Bertz CT molecular complexity index is 1670. The number of piperazine rings is 1. The van der Waals surface area contributed by atoms with Crippen LogP contribution in [0.25, 0.3) is 10.2 Å². The molecule has 0 saturated carbocycles. The molecule has 2 amide bonds. The van der Waals surface area contributed by atoms with E-state index in [1.807, 2.05) is 30.3 Å². The molecule has 5 rings (SSSR count). The van der Waals surface area contributed by atoms with E-state index in [1.54, 1.807) is 6.92 Å². The monoisotopic (exact) mass is 600 g/mol. The van der Waals surface area contributed by atoms with Crippen LogP contribution >= 0.6 is 11.3 Å². The van der Waals surface area contributed by atoms with Gasteiger partial charge in [-0.2, -0.15) is 4.31 Å². The third kappa shape index (κ3) is 6.06. The van der Waals surface area contributed by atoms with E-state index in [9.17, 15) is 26.8 Å². The molecular formula is C28H26F2N4O5S2. The molecular weight excluding hydrogens is 574 g/mol. The Labute approximate surface area is 239 Å². The number of rotatable bonds is 7. The molecule has 0 spiro atoms. The van der Waals surface area contributed by atoms with Crippen molar-refractivity contribution in [1.82, 2.24) is 14.2 Å². The summed E-state index contributed by atoms with van der Waals surface area (Å²) in [4.78, 5) is 32.8. The van der Waals surface area contributed by atoms with Crippen molar-refractivity contribution in [1.29, 1.82) is 0 Å². The number of hydrogen-bond acceptors (Lipinski definition) is 7. The first-order valence-electron chi connectivity index (χ1n) is 12.8. The van der Waals surface area contributed by atoms with Crippen LogP contribution in [0.2, 0.25) is 0 Å². The third-order valence-corrected chi connectivity index (χ3v) is 9.50. The van der Waals surface area contributed by atoms with Crippen LogP contribution in [0.15, 0.2) is 71.6 Å². The smallest absolute Gasteiger partial charge is 0.409 e. The second-order valence-corrected chi connectivity index (χ2v) is 12.2. The number of carbonyl (C=O) groups excluding carboxylic acids is 2. The molecule has 0 bridgehead atoms. The molecule has 1 fully saturated rings. The summed E-state index contributed by atoms with van der Waals surface area (Å²) in [5.41, 5.74) is 0.938. The fourth-order valence-electron chi connectivity index (χ4n) is 4.45. The lowest BCUT2D eigenvalue weighted by molar-refractivity contribution is 0.0933. The quantitative estimate of drug-likeness (QED) is 0.300. The molecule has 1 aromatic heterocycles. The van der Waals surface area contributed by atoms with Gasteiger partial charge in [0.05, 0.1) is 22.7 Å². The van der Waals surface area contributed by atoms with Crippen molar-refractivity contribution in [2.24, 2.45) is 0 Å². The lowest BCUT2D eigenvalue weighted by Crippen LogP contribution is -2.50. The van der Waals surface area contributed by atoms with Crippen LogP contribution in [0.1, 0.15) is 22.8 Å². The van der Waals surface area contributed by atoms with Crippen molar-refractivity contribution in [3.63, 3.8) is 0 Å². The molecule has 13 heteroatoms. The number of fused-ring (bicyclic) bond motifs is 1. The van der Waals surface area contributed by atoms with Gasteiger partial charge in [0.15, 0.2) is 10.9 Å². The molecule has 0 aliphatic carbocycles. The Morgan fingerprint density at radius 3 is 2.34 bits per heavy atom. The van der Waals surface area contributed by atoms with Gasteiger partial charge in [0.25, 0.3) is 5.91 Å². The summed E-state index contributed by atoms with van der Waals surface area (Å²) >= 11 is 0.982. The van der Waals surface area contributed by atoms with Crippen molar-refractivity contribution in [3.05, 3.63) is 89.5 Å². The highest BCUT2D eigenvalue weighted by Gasteiger charge is 2.31.